The van der Waals surface area contributed by atoms with Crippen LogP contribution in [-0.2, 0) is 54.4 Å². The molecule has 1 saturated heterocycles. The molecule has 0 bridgehead atoms. The number of hydrogen-bond acceptors (Lipinski definition) is 14. The van der Waals surface area contributed by atoms with E-state index >= 15 is 0 Å². The highest BCUT2D eigenvalue weighted by molar-refractivity contribution is 7.10. The lowest BCUT2D eigenvalue weighted by atomic mass is 9.80. The van der Waals surface area contributed by atoms with Gasteiger partial charge in [0.25, 0.3) is 5.91 Å². The van der Waals surface area contributed by atoms with E-state index in [9.17, 15) is 43.5 Å². The lowest BCUT2D eigenvalue weighted by molar-refractivity contribution is -0.215. The first-order chi connectivity index (χ1) is 34.3. The van der Waals surface area contributed by atoms with E-state index in [1.165, 1.54) is 46.6 Å². The third kappa shape index (κ3) is 19.1. The molecule has 6 amide bonds. The molecule has 0 aliphatic carbocycles. The van der Waals surface area contributed by atoms with E-state index in [0.717, 1.165) is 37.1 Å². The number of unbranched alkanes of at least 4 members (excludes halogenated alkanes) is 1. The number of aliphatic carboxylic acids is 1. The van der Waals surface area contributed by atoms with E-state index < -0.39 is 94.9 Å². The quantitative estimate of drug-likeness (QED) is 0.0191. The molecule has 0 saturated carbocycles. The van der Waals surface area contributed by atoms with Gasteiger partial charge in [0.15, 0.2) is 6.10 Å². The van der Waals surface area contributed by atoms with Crippen molar-refractivity contribution in [3.8, 4) is 12.3 Å². The van der Waals surface area contributed by atoms with E-state index in [1.807, 2.05) is 34.7 Å². The fourth-order valence-electron chi connectivity index (χ4n) is 8.17. The van der Waals surface area contributed by atoms with Gasteiger partial charge in [-0.3, -0.25) is 48.1 Å². The molecular formula is C52H79N9O11S. The number of anilines is 2. The molecule has 21 heteroatoms. The van der Waals surface area contributed by atoms with Crippen LogP contribution in [0.25, 0.3) is 0 Å². The molecule has 1 aromatic carbocycles. The van der Waals surface area contributed by atoms with Crippen molar-refractivity contribution in [3.63, 3.8) is 0 Å². The fraction of sp³-hybridized carbons (Fsp3) is 0.635. The summed E-state index contributed by atoms with van der Waals surface area (Å²) < 4.78 is 5.87. The van der Waals surface area contributed by atoms with E-state index in [4.69, 9.17) is 21.7 Å². The van der Waals surface area contributed by atoms with Crippen LogP contribution >= 0.6 is 11.3 Å². The minimum atomic E-state index is -1.31. The second kappa shape index (κ2) is 29.1. The fourth-order valence-corrected chi connectivity index (χ4v) is 8.96. The van der Waals surface area contributed by atoms with Crippen LogP contribution in [0.2, 0.25) is 0 Å². The van der Waals surface area contributed by atoms with Crippen molar-refractivity contribution in [1.82, 2.24) is 30.9 Å². The van der Waals surface area contributed by atoms with Gasteiger partial charge in [-0.2, -0.15) is 0 Å². The van der Waals surface area contributed by atoms with E-state index in [-0.39, 0.29) is 49.7 Å². The molecule has 2 aromatic rings. The van der Waals surface area contributed by atoms with Crippen LogP contribution in [-0.4, -0.2) is 118 Å². The van der Waals surface area contributed by atoms with E-state index in [2.05, 4.69) is 42.4 Å². The molecule has 1 fully saturated rings. The summed E-state index contributed by atoms with van der Waals surface area (Å²) >= 11 is 1.12. The van der Waals surface area contributed by atoms with Crippen molar-refractivity contribution in [1.29, 1.82) is 0 Å². The lowest BCUT2D eigenvalue weighted by Gasteiger charge is -2.38. The molecule has 73 heavy (non-hydrogen) atoms. The molecule has 1 aromatic heterocycles. The molecule has 404 valence electrons. The highest BCUT2D eigenvalue weighted by atomic mass is 32.1. The van der Waals surface area contributed by atoms with Crippen molar-refractivity contribution in [2.24, 2.45) is 34.8 Å². The number of thiazole rings is 1. The normalized spacial score (nSPS) is 17.2. The number of carbonyl (C=O) groups excluding carboxylic acids is 7. The second-order valence-electron chi connectivity index (χ2n) is 20.1. The molecule has 1 aliphatic rings. The molecule has 2 heterocycles. The van der Waals surface area contributed by atoms with Gasteiger partial charge in [0.2, 0.25) is 29.5 Å². The highest BCUT2D eigenvalue weighted by Crippen LogP contribution is 2.35. The van der Waals surface area contributed by atoms with Crippen LogP contribution in [0.1, 0.15) is 137 Å². The topological polar surface area (TPSA) is 281 Å². The van der Waals surface area contributed by atoms with Crippen molar-refractivity contribution in [3.05, 3.63) is 40.2 Å². The Morgan fingerprint density at radius 3 is 2.16 bits per heavy atom. The predicted octanol–water partition coefficient (Wildman–Crippen LogP) is 5.15. The third-order valence-electron chi connectivity index (χ3n) is 13.0. The van der Waals surface area contributed by atoms with Gasteiger partial charge in [-0.05, 0) is 116 Å². The van der Waals surface area contributed by atoms with Crippen LogP contribution in [0.4, 0.5) is 11.5 Å². The number of terminal acetylenes is 1. The average Bonchev–Trinajstić information content (AvgIpc) is 3.79. The first-order valence-corrected chi connectivity index (χ1v) is 26.0. The summed E-state index contributed by atoms with van der Waals surface area (Å²) in [6.07, 6.45) is 8.46. The monoisotopic (exact) mass is 1040 g/mol. The molecule has 20 nitrogen and oxygen atoms in total. The Kier molecular flexibility index (Phi) is 24.4. The van der Waals surface area contributed by atoms with Crippen molar-refractivity contribution < 1.29 is 53.0 Å². The summed E-state index contributed by atoms with van der Waals surface area (Å²) in [5.74, 6) is -4.68. The zero-order valence-corrected chi connectivity index (χ0v) is 45.2. The van der Waals surface area contributed by atoms with E-state index in [1.54, 1.807) is 29.6 Å². The number of carboxylic acids is 1. The molecule has 1 aliphatic heterocycles. The molecule has 8 N–H and O–H groups in total. The molecule has 0 radical (unpaired) electrons. The number of aromatic nitrogens is 1. The van der Waals surface area contributed by atoms with Gasteiger partial charge in [-0.15, -0.1) is 23.7 Å². The number of likely N-dealkylation sites (tertiary alicyclic amines) is 1. The number of nitrogens with one attached hydrogen (secondary N) is 5. The number of benzene rings is 1. The van der Waals surface area contributed by atoms with Crippen molar-refractivity contribution in [2.75, 3.05) is 30.8 Å². The number of piperidine rings is 1. The minimum absolute atomic E-state index is 0.0200. The number of amides is 6. The number of ether oxygens (including phenoxy) is 1. The second-order valence-corrected chi connectivity index (χ2v) is 21.0. The predicted molar refractivity (Wildman–Crippen MR) is 278 cm³/mol. The van der Waals surface area contributed by atoms with Crippen molar-refractivity contribution >= 4 is 70.2 Å². The van der Waals surface area contributed by atoms with E-state index in [0.29, 0.717) is 35.5 Å². The molecule has 0 unspecified atom stereocenters. The van der Waals surface area contributed by atoms with Gasteiger partial charge in [-0.1, -0.05) is 46.2 Å². The maximum atomic E-state index is 14.8. The smallest absolute Gasteiger partial charge is 0.309 e. The number of carboxylic acid groups (broad SMARTS) is 1. The van der Waals surface area contributed by atoms with Gasteiger partial charge in [0, 0.05) is 36.8 Å². The number of esters is 1. The summed E-state index contributed by atoms with van der Waals surface area (Å²) in [4.78, 5) is 119. The van der Waals surface area contributed by atoms with Crippen LogP contribution in [0.5, 0.6) is 0 Å². The maximum absolute atomic E-state index is 14.8. The summed E-state index contributed by atoms with van der Waals surface area (Å²) in [5, 5.41) is 26.9. The standard InChI is InChI=1S/C52H79N9O11S/c1-13-15-18-25-71-61(50(68)43(31(5)14-2)48(67)59-42-19-16-17-24-60(42)12)39(30(3)4)27-40(72-35(9)62)49-58-41(29-73-49)57-47(66)37(28-52(10,11)51(69)70)26-36-20-22-38(23-21-36)56-46(65)34(8)55-45(64)33(7)54-44(63)32(6)53/h1,20-23,29-34,37,39-40,42-43H,14-19,24-28,53H2,2-12H3,(H,54,63)(H,55,64)(H,56,65)(H,57,66)(H,59,67)(H,69,70)/t31-,32-,33+,34-,37-,39+,40+,42+,43-/m0/s1. The molecule has 0 spiro atoms. The van der Waals surface area contributed by atoms with Crippen LogP contribution < -0.4 is 32.3 Å². The SMILES string of the molecule is C#CCCCON(C(=O)[C@H](C(=O)N[C@H]1CCCCN1C)[C@@H](C)CC)[C@H](C[C@@H](OC(C)=O)c1nc(NC(=O)[C@@H](Cc2ccc(NC(=O)[C@H](C)NC(=O)[C@@H](C)NC(=O)[C@H](C)N)cc2)CC(C)(C)C(=O)O)cs1)C(C)C. The maximum Gasteiger partial charge on any atom is 0.309 e. The Balaban J connectivity index is 1.87. The Labute approximate surface area is 434 Å². The van der Waals surface area contributed by atoms with Crippen molar-refractivity contribution in [2.45, 2.75) is 163 Å². The summed E-state index contributed by atoms with van der Waals surface area (Å²) in [6, 6.07) is 3.15. The first kappa shape index (κ1) is 61.4. The average molecular weight is 1040 g/mol. The molecule has 9 atom stereocenters. The summed E-state index contributed by atoms with van der Waals surface area (Å²) in [5.41, 5.74) is 5.29. The van der Waals surface area contributed by atoms with Gasteiger partial charge in [0.05, 0.1) is 30.3 Å². The lowest BCUT2D eigenvalue weighted by Crippen LogP contribution is -2.55. The molecule has 3 rings (SSSR count). The molecular weight excluding hydrogens is 959 g/mol. The van der Waals surface area contributed by atoms with Gasteiger partial charge >= 0.3 is 11.9 Å². The number of hydrogen-bond donors (Lipinski definition) is 7. The zero-order valence-electron chi connectivity index (χ0n) is 44.4. The number of carbonyl (C=O) groups is 8. The Morgan fingerprint density at radius 2 is 1.59 bits per heavy atom. The Bertz CT molecular complexity index is 2250. The number of nitrogens with two attached hydrogens (primary N) is 1. The highest BCUT2D eigenvalue weighted by Gasteiger charge is 2.42. The third-order valence-corrected chi connectivity index (χ3v) is 13.9. The van der Waals surface area contributed by atoms with Gasteiger partial charge < -0.3 is 42.2 Å². The largest absolute Gasteiger partial charge is 0.481 e. The summed E-state index contributed by atoms with van der Waals surface area (Å²) in [6.45, 7) is 17.2. The Hall–Kier alpha value is -5.95. The zero-order chi connectivity index (χ0) is 54.7. The summed E-state index contributed by atoms with van der Waals surface area (Å²) in [7, 11) is 1.95. The van der Waals surface area contributed by atoms with Gasteiger partial charge in [-0.25, -0.2) is 10.0 Å². The number of nitrogens with zero attached hydrogens (tertiary/aromatic N) is 3. The van der Waals surface area contributed by atoms with Crippen LogP contribution in [0, 0.1) is 41.4 Å². The van der Waals surface area contributed by atoms with Gasteiger partial charge in [0.1, 0.15) is 28.8 Å². The first-order valence-electron chi connectivity index (χ1n) is 25.1. The minimum Gasteiger partial charge on any atom is -0.481 e. The van der Waals surface area contributed by atoms with Crippen LogP contribution in [0.3, 0.4) is 0 Å². The Morgan fingerprint density at radius 1 is 0.945 bits per heavy atom. The number of rotatable bonds is 28. The van der Waals surface area contributed by atoms with Crippen LogP contribution in [0.15, 0.2) is 29.6 Å². The number of hydroxylamine groups is 2.